The van der Waals surface area contributed by atoms with E-state index in [1.807, 2.05) is 0 Å². The van der Waals surface area contributed by atoms with Crippen LogP contribution in [-0.2, 0) is 4.74 Å². The smallest absolute Gasteiger partial charge is 0.0633 e. The maximum atomic E-state index is 5.70. The molecule has 1 saturated heterocycles. The van der Waals surface area contributed by atoms with Gasteiger partial charge in [-0.25, -0.2) is 0 Å². The van der Waals surface area contributed by atoms with Gasteiger partial charge >= 0.3 is 0 Å². The maximum Gasteiger partial charge on any atom is 0.0633 e. The zero-order valence-electron chi connectivity index (χ0n) is 10.3. The van der Waals surface area contributed by atoms with Crippen LogP contribution >= 0.6 is 11.8 Å². The van der Waals surface area contributed by atoms with Crippen LogP contribution in [0.3, 0.4) is 0 Å². The van der Waals surface area contributed by atoms with Crippen LogP contribution in [0.25, 0.3) is 0 Å². The minimum Gasteiger partial charge on any atom is -0.380 e. The standard InChI is InChI=1S/C12H25NOS/c1-4-8-14-10-11(13-5-2)12(3)7-6-9-15-12/h11,13H,4-10H2,1-3H3. The predicted octanol–water partition coefficient (Wildman–Crippen LogP) is 2.68. The van der Waals surface area contributed by atoms with Crippen molar-refractivity contribution in [2.24, 2.45) is 0 Å². The van der Waals surface area contributed by atoms with Gasteiger partial charge in [0, 0.05) is 17.4 Å². The van der Waals surface area contributed by atoms with E-state index in [2.05, 4.69) is 37.8 Å². The van der Waals surface area contributed by atoms with E-state index in [0.29, 0.717) is 10.8 Å². The third kappa shape index (κ3) is 3.97. The van der Waals surface area contributed by atoms with E-state index in [1.165, 1.54) is 18.6 Å². The summed E-state index contributed by atoms with van der Waals surface area (Å²) in [5.74, 6) is 1.31. The molecule has 1 N–H and O–H groups in total. The highest BCUT2D eigenvalue weighted by atomic mass is 32.2. The van der Waals surface area contributed by atoms with Crippen LogP contribution in [0.2, 0.25) is 0 Å². The van der Waals surface area contributed by atoms with Gasteiger partial charge in [-0.15, -0.1) is 0 Å². The van der Waals surface area contributed by atoms with Gasteiger partial charge in [0.2, 0.25) is 0 Å². The second kappa shape index (κ2) is 6.77. The summed E-state index contributed by atoms with van der Waals surface area (Å²) in [6.07, 6.45) is 3.80. The summed E-state index contributed by atoms with van der Waals surface area (Å²) in [4.78, 5) is 0. The topological polar surface area (TPSA) is 21.3 Å². The third-order valence-corrected chi connectivity index (χ3v) is 4.71. The Labute approximate surface area is 98.5 Å². The highest BCUT2D eigenvalue weighted by Crippen LogP contribution is 2.40. The number of thioether (sulfide) groups is 1. The van der Waals surface area contributed by atoms with Gasteiger partial charge in [0.1, 0.15) is 0 Å². The van der Waals surface area contributed by atoms with Crippen molar-refractivity contribution in [3.05, 3.63) is 0 Å². The Balaban J connectivity index is 2.40. The first-order chi connectivity index (χ1) is 7.23. The summed E-state index contributed by atoms with van der Waals surface area (Å²) >= 11 is 2.11. The Kier molecular flexibility index (Phi) is 6.02. The van der Waals surface area contributed by atoms with Crippen LogP contribution in [0.15, 0.2) is 0 Å². The molecule has 1 heterocycles. The summed E-state index contributed by atoms with van der Waals surface area (Å²) in [5.41, 5.74) is 0. The Morgan fingerprint density at radius 3 is 2.80 bits per heavy atom. The van der Waals surface area contributed by atoms with Gasteiger partial charge in [0.05, 0.1) is 6.61 Å². The summed E-state index contributed by atoms with van der Waals surface area (Å²) in [6.45, 7) is 9.52. The monoisotopic (exact) mass is 231 g/mol. The van der Waals surface area contributed by atoms with Crippen LogP contribution in [0.4, 0.5) is 0 Å². The molecule has 0 amide bonds. The van der Waals surface area contributed by atoms with Crippen molar-refractivity contribution in [2.45, 2.75) is 50.8 Å². The normalized spacial score (nSPS) is 28.2. The van der Waals surface area contributed by atoms with Crippen molar-refractivity contribution < 1.29 is 4.74 Å². The molecule has 3 heteroatoms. The molecule has 0 saturated carbocycles. The summed E-state index contributed by atoms with van der Waals surface area (Å²) in [6, 6.07) is 0.515. The van der Waals surface area contributed by atoms with Gasteiger partial charge < -0.3 is 10.1 Å². The predicted molar refractivity (Wildman–Crippen MR) is 68.7 cm³/mol. The fourth-order valence-corrected chi connectivity index (χ4v) is 3.51. The first-order valence-electron chi connectivity index (χ1n) is 6.18. The number of nitrogens with one attached hydrogen (secondary N) is 1. The van der Waals surface area contributed by atoms with E-state index >= 15 is 0 Å². The Morgan fingerprint density at radius 1 is 1.47 bits per heavy atom. The molecule has 90 valence electrons. The van der Waals surface area contributed by atoms with E-state index in [1.54, 1.807) is 0 Å². The number of rotatable bonds is 7. The van der Waals surface area contributed by atoms with Crippen LogP contribution in [0.1, 0.15) is 40.0 Å². The summed E-state index contributed by atoms with van der Waals surface area (Å²) in [5, 5.41) is 3.58. The second-order valence-electron chi connectivity index (χ2n) is 4.45. The zero-order valence-corrected chi connectivity index (χ0v) is 11.2. The van der Waals surface area contributed by atoms with Crippen molar-refractivity contribution >= 4 is 11.8 Å². The second-order valence-corrected chi connectivity index (χ2v) is 6.08. The molecule has 0 bridgehead atoms. The molecule has 2 unspecified atom stereocenters. The summed E-state index contributed by atoms with van der Waals surface area (Å²) < 4.78 is 6.09. The molecular formula is C12H25NOS. The molecule has 0 aliphatic carbocycles. The van der Waals surface area contributed by atoms with Gasteiger partial charge in [-0.3, -0.25) is 0 Å². The minimum absolute atomic E-state index is 0.393. The van der Waals surface area contributed by atoms with E-state index in [0.717, 1.165) is 26.2 Å². The quantitative estimate of drug-likeness (QED) is 0.681. The highest BCUT2D eigenvalue weighted by Gasteiger charge is 2.37. The van der Waals surface area contributed by atoms with E-state index in [4.69, 9.17) is 4.74 Å². The number of ether oxygens (including phenoxy) is 1. The number of likely N-dealkylation sites (N-methyl/N-ethyl adjacent to an activating group) is 1. The average molecular weight is 231 g/mol. The van der Waals surface area contributed by atoms with Crippen molar-refractivity contribution in [3.63, 3.8) is 0 Å². The lowest BCUT2D eigenvalue weighted by molar-refractivity contribution is 0.102. The average Bonchev–Trinajstić information content (AvgIpc) is 2.65. The minimum atomic E-state index is 0.393. The van der Waals surface area contributed by atoms with Crippen molar-refractivity contribution in [1.29, 1.82) is 0 Å². The lowest BCUT2D eigenvalue weighted by Crippen LogP contribution is -2.48. The molecule has 1 aliphatic heterocycles. The van der Waals surface area contributed by atoms with Crippen molar-refractivity contribution in [3.8, 4) is 0 Å². The Bertz CT molecular complexity index is 169. The van der Waals surface area contributed by atoms with Gasteiger partial charge in [0.15, 0.2) is 0 Å². The molecule has 0 aromatic carbocycles. The zero-order chi connectivity index (χ0) is 11.1. The fourth-order valence-electron chi connectivity index (χ4n) is 2.12. The van der Waals surface area contributed by atoms with Crippen LogP contribution < -0.4 is 5.32 Å². The van der Waals surface area contributed by atoms with E-state index in [9.17, 15) is 0 Å². The molecule has 0 aromatic rings. The van der Waals surface area contributed by atoms with E-state index in [-0.39, 0.29) is 0 Å². The largest absolute Gasteiger partial charge is 0.380 e. The molecule has 1 rings (SSSR count). The molecule has 0 spiro atoms. The molecule has 15 heavy (non-hydrogen) atoms. The van der Waals surface area contributed by atoms with Crippen molar-refractivity contribution in [1.82, 2.24) is 5.32 Å². The third-order valence-electron chi connectivity index (χ3n) is 3.07. The molecule has 0 aromatic heterocycles. The van der Waals surface area contributed by atoms with Crippen LogP contribution in [0.5, 0.6) is 0 Å². The number of hydrogen-bond donors (Lipinski definition) is 1. The Morgan fingerprint density at radius 2 is 2.27 bits per heavy atom. The van der Waals surface area contributed by atoms with Gasteiger partial charge in [-0.05, 0) is 38.5 Å². The molecule has 1 aliphatic rings. The Hall–Kier alpha value is 0.270. The van der Waals surface area contributed by atoms with E-state index < -0.39 is 0 Å². The van der Waals surface area contributed by atoms with Gasteiger partial charge in [-0.2, -0.15) is 11.8 Å². The number of hydrogen-bond acceptors (Lipinski definition) is 3. The maximum absolute atomic E-state index is 5.70. The molecule has 2 nitrogen and oxygen atoms in total. The first-order valence-corrected chi connectivity index (χ1v) is 7.16. The molecule has 0 radical (unpaired) electrons. The summed E-state index contributed by atoms with van der Waals surface area (Å²) in [7, 11) is 0. The molecular weight excluding hydrogens is 206 g/mol. The molecule has 1 fully saturated rings. The first kappa shape index (κ1) is 13.3. The molecule has 2 atom stereocenters. The van der Waals surface area contributed by atoms with Crippen LogP contribution in [-0.4, -0.2) is 36.3 Å². The lowest BCUT2D eigenvalue weighted by Gasteiger charge is -2.33. The van der Waals surface area contributed by atoms with Crippen LogP contribution in [0, 0.1) is 0 Å². The van der Waals surface area contributed by atoms with Gasteiger partial charge in [0.25, 0.3) is 0 Å². The van der Waals surface area contributed by atoms with Gasteiger partial charge in [-0.1, -0.05) is 13.8 Å². The van der Waals surface area contributed by atoms with Crippen molar-refractivity contribution in [2.75, 3.05) is 25.5 Å². The highest BCUT2D eigenvalue weighted by molar-refractivity contribution is 8.00. The fraction of sp³-hybridized carbons (Fsp3) is 1.00. The SMILES string of the molecule is CCCOCC(NCC)C1(C)CCCS1. The lowest BCUT2D eigenvalue weighted by atomic mass is 9.96.